The van der Waals surface area contributed by atoms with Crippen molar-refractivity contribution in [3.05, 3.63) is 35.9 Å². The third-order valence-electron chi connectivity index (χ3n) is 5.60. The summed E-state index contributed by atoms with van der Waals surface area (Å²) in [4.78, 5) is 41.1. The minimum atomic E-state index is -1.12. The van der Waals surface area contributed by atoms with Crippen LogP contribution in [0.3, 0.4) is 0 Å². The van der Waals surface area contributed by atoms with Crippen molar-refractivity contribution in [3.8, 4) is 0 Å². The number of urea groups is 1. The smallest absolute Gasteiger partial charge is 0.325 e. The standard InChI is InChI=1S/C20H27N3O3/c1-3-22(16-12-8-5-9-13-16)17(24)14-23-18(25)20(2,21-19(23)26)15-10-6-4-7-11-15/h4,6-7,10-11,16H,3,5,8-9,12-14H2,1-2H3,(H,21,26)/t20-/m0/s1. The Morgan fingerprint density at radius 2 is 1.85 bits per heavy atom. The number of hydrogen-bond acceptors (Lipinski definition) is 3. The molecular weight excluding hydrogens is 330 g/mol. The van der Waals surface area contributed by atoms with Gasteiger partial charge in [-0.15, -0.1) is 0 Å². The quantitative estimate of drug-likeness (QED) is 0.824. The van der Waals surface area contributed by atoms with Crippen LogP contribution in [0.5, 0.6) is 0 Å². The zero-order chi connectivity index (χ0) is 18.7. The first-order chi connectivity index (χ1) is 12.5. The van der Waals surface area contributed by atoms with Gasteiger partial charge in [0.2, 0.25) is 5.91 Å². The topological polar surface area (TPSA) is 69.7 Å². The molecule has 2 aliphatic rings. The molecule has 0 aromatic heterocycles. The molecule has 1 N–H and O–H groups in total. The molecule has 6 nitrogen and oxygen atoms in total. The van der Waals surface area contributed by atoms with Gasteiger partial charge in [0.05, 0.1) is 0 Å². The lowest BCUT2D eigenvalue weighted by Gasteiger charge is -2.34. The van der Waals surface area contributed by atoms with Crippen LogP contribution in [0.4, 0.5) is 4.79 Å². The fourth-order valence-corrected chi connectivity index (χ4v) is 4.06. The molecule has 26 heavy (non-hydrogen) atoms. The van der Waals surface area contributed by atoms with Crippen LogP contribution < -0.4 is 5.32 Å². The molecule has 1 aromatic carbocycles. The van der Waals surface area contributed by atoms with Crippen LogP contribution in [0.1, 0.15) is 51.5 Å². The number of carbonyl (C=O) groups excluding carboxylic acids is 3. The van der Waals surface area contributed by atoms with Crippen LogP contribution in [0.2, 0.25) is 0 Å². The van der Waals surface area contributed by atoms with E-state index in [2.05, 4.69) is 5.32 Å². The highest BCUT2D eigenvalue weighted by Gasteiger charge is 2.49. The van der Waals surface area contributed by atoms with Crippen LogP contribution in [0, 0.1) is 0 Å². The van der Waals surface area contributed by atoms with Crippen LogP contribution in [0.15, 0.2) is 30.3 Å². The summed E-state index contributed by atoms with van der Waals surface area (Å²) < 4.78 is 0. The average molecular weight is 357 g/mol. The minimum Gasteiger partial charge on any atom is -0.338 e. The second-order valence-corrected chi connectivity index (χ2v) is 7.28. The van der Waals surface area contributed by atoms with E-state index < -0.39 is 11.6 Å². The van der Waals surface area contributed by atoms with E-state index in [0.29, 0.717) is 12.1 Å². The number of benzene rings is 1. The van der Waals surface area contributed by atoms with Crippen molar-refractivity contribution in [2.75, 3.05) is 13.1 Å². The summed E-state index contributed by atoms with van der Waals surface area (Å²) in [5.41, 5.74) is -0.409. The predicted molar refractivity (Wildman–Crippen MR) is 98.3 cm³/mol. The third-order valence-corrected chi connectivity index (χ3v) is 5.60. The molecule has 0 spiro atoms. The monoisotopic (exact) mass is 357 g/mol. The van der Waals surface area contributed by atoms with Gasteiger partial charge in [0, 0.05) is 12.6 Å². The summed E-state index contributed by atoms with van der Waals surface area (Å²) in [6.07, 6.45) is 5.47. The number of likely N-dealkylation sites (N-methyl/N-ethyl adjacent to an activating group) is 1. The van der Waals surface area contributed by atoms with Crippen molar-refractivity contribution >= 4 is 17.8 Å². The van der Waals surface area contributed by atoms with Gasteiger partial charge in [0.15, 0.2) is 0 Å². The predicted octanol–water partition coefficient (Wildman–Crippen LogP) is 2.63. The number of rotatable bonds is 5. The first kappa shape index (κ1) is 18.4. The van der Waals surface area contributed by atoms with Crippen LogP contribution in [-0.2, 0) is 15.1 Å². The number of nitrogens with zero attached hydrogens (tertiary/aromatic N) is 2. The molecule has 1 saturated heterocycles. The van der Waals surface area contributed by atoms with Crippen molar-refractivity contribution in [1.82, 2.24) is 15.1 Å². The molecule has 6 heteroatoms. The molecular formula is C20H27N3O3. The molecule has 1 aliphatic carbocycles. The maximum Gasteiger partial charge on any atom is 0.325 e. The Kier molecular flexibility index (Phi) is 5.30. The molecule has 2 fully saturated rings. The molecule has 1 atom stereocenters. The number of nitrogens with one attached hydrogen (secondary N) is 1. The molecule has 4 amide bonds. The fourth-order valence-electron chi connectivity index (χ4n) is 4.06. The maximum atomic E-state index is 12.9. The Balaban J connectivity index is 1.74. The SMILES string of the molecule is CCN(C(=O)CN1C(=O)N[C@@](C)(c2ccccc2)C1=O)C1CCCCC1. The van der Waals surface area contributed by atoms with E-state index in [9.17, 15) is 14.4 Å². The number of imide groups is 1. The van der Waals surface area contributed by atoms with E-state index in [1.54, 1.807) is 6.92 Å². The van der Waals surface area contributed by atoms with Crippen molar-refractivity contribution in [1.29, 1.82) is 0 Å². The van der Waals surface area contributed by atoms with Gasteiger partial charge in [-0.3, -0.25) is 14.5 Å². The Morgan fingerprint density at radius 3 is 2.46 bits per heavy atom. The van der Waals surface area contributed by atoms with Crippen LogP contribution in [0.25, 0.3) is 0 Å². The second-order valence-electron chi connectivity index (χ2n) is 7.28. The summed E-state index contributed by atoms with van der Waals surface area (Å²) in [7, 11) is 0. The summed E-state index contributed by atoms with van der Waals surface area (Å²) in [6.45, 7) is 4.04. The largest absolute Gasteiger partial charge is 0.338 e. The van der Waals surface area contributed by atoms with Gasteiger partial charge in [0.1, 0.15) is 12.1 Å². The molecule has 0 unspecified atom stereocenters. The second kappa shape index (κ2) is 7.48. The summed E-state index contributed by atoms with van der Waals surface area (Å²) in [5, 5.41) is 2.75. The molecule has 1 heterocycles. The Labute approximate surface area is 154 Å². The van der Waals surface area contributed by atoms with E-state index >= 15 is 0 Å². The van der Waals surface area contributed by atoms with Gasteiger partial charge in [-0.2, -0.15) is 0 Å². The first-order valence-corrected chi connectivity index (χ1v) is 9.46. The van der Waals surface area contributed by atoms with E-state index in [0.717, 1.165) is 30.6 Å². The normalized spacial score (nSPS) is 23.8. The zero-order valence-electron chi connectivity index (χ0n) is 15.5. The number of carbonyl (C=O) groups is 3. The highest BCUT2D eigenvalue weighted by Crippen LogP contribution is 2.29. The molecule has 1 saturated carbocycles. The van der Waals surface area contributed by atoms with Gasteiger partial charge in [-0.05, 0) is 32.3 Å². The van der Waals surface area contributed by atoms with Gasteiger partial charge in [-0.1, -0.05) is 49.6 Å². The van der Waals surface area contributed by atoms with Crippen molar-refractivity contribution in [3.63, 3.8) is 0 Å². The summed E-state index contributed by atoms with van der Waals surface area (Å²) >= 11 is 0. The van der Waals surface area contributed by atoms with E-state index in [4.69, 9.17) is 0 Å². The first-order valence-electron chi connectivity index (χ1n) is 9.46. The van der Waals surface area contributed by atoms with Gasteiger partial charge in [0.25, 0.3) is 5.91 Å². The highest BCUT2D eigenvalue weighted by molar-refractivity contribution is 6.09. The van der Waals surface area contributed by atoms with Crippen molar-refractivity contribution in [2.45, 2.75) is 57.5 Å². The lowest BCUT2D eigenvalue weighted by Crippen LogP contribution is -2.48. The lowest BCUT2D eigenvalue weighted by atomic mass is 9.92. The van der Waals surface area contributed by atoms with Gasteiger partial charge in [-0.25, -0.2) is 4.79 Å². The molecule has 3 rings (SSSR count). The van der Waals surface area contributed by atoms with E-state index in [1.807, 2.05) is 42.2 Å². The van der Waals surface area contributed by atoms with Gasteiger partial charge < -0.3 is 10.2 Å². The molecule has 0 radical (unpaired) electrons. The Bertz CT molecular complexity index is 685. The van der Waals surface area contributed by atoms with Crippen molar-refractivity contribution < 1.29 is 14.4 Å². The Morgan fingerprint density at radius 1 is 1.19 bits per heavy atom. The average Bonchev–Trinajstić information content (AvgIpc) is 2.88. The number of hydrogen-bond donors (Lipinski definition) is 1. The molecule has 1 aromatic rings. The maximum absolute atomic E-state index is 12.9. The van der Waals surface area contributed by atoms with E-state index in [-0.39, 0.29) is 24.4 Å². The highest BCUT2D eigenvalue weighted by atomic mass is 16.2. The summed E-state index contributed by atoms with van der Waals surface area (Å²) in [6, 6.07) is 8.86. The number of amides is 4. The lowest BCUT2D eigenvalue weighted by molar-refractivity contribution is -0.140. The van der Waals surface area contributed by atoms with Crippen LogP contribution >= 0.6 is 0 Å². The summed E-state index contributed by atoms with van der Waals surface area (Å²) in [5.74, 6) is -0.526. The Hall–Kier alpha value is -2.37. The van der Waals surface area contributed by atoms with E-state index in [1.165, 1.54) is 6.42 Å². The molecule has 140 valence electrons. The van der Waals surface area contributed by atoms with Crippen molar-refractivity contribution in [2.24, 2.45) is 0 Å². The zero-order valence-corrected chi connectivity index (χ0v) is 15.5. The molecule has 1 aliphatic heterocycles. The third kappa shape index (κ3) is 3.32. The molecule has 0 bridgehead atoms. The van der Waals surface area contributed by atoms with Crippen LogP contribution in [-0.4, -0.2) is 46.8 Å². The fraction of sp³-hybridized carbons (Fsp3) is 0.550. The minimum absolute atomic E-state index is 0.153. The van der Waals surface area contributed by atoms with Gasteiger partial charge >= 0.3 is 6.03 Å².